The molecule has 336 valence electrons. The highest BCUT2D eigenvalue weighted by Gasteiger charge is 2.53. The number of ether oxygens (including phenoxy) is 2. The molecule has 12 heteroatoms. The van der Waals surface area contributed by atoms with Crippen LogP contribution < -0.4 is 9.47 Å². The van der Waals surface area contributed by atoms with E-state index in [0.29, 0.717) is 83.7 Å². The molecule has 12 nitrogen and oxygen atoms in total. The van der Waals surface area contributed by atoms with Gasteiger partial charge in [0, 0.05) is 58.4 Å². The molecule has 8 aromatic rings. The molecule has 68 heavy (non-hydrogen) atoms. The van der Waals surface area contributed by atoms with Gasteiger partial charge in [-0.05, 0) is 128 Å². The predicted octanol–water partition coefficient (Wildman–Crippen LogP) is 10.5. The molecule has 0 amide bonds. The Kier molecular flexibility index (Phi) is 8.84. The zero-order chi connectivity index (χ0) is 46.9. The van der Waals surface area contributed by atoms with E-state index in [0.717, 1.165) is 0 Å². The Hall–Kier alpha value is -8.90. The van der Waals surface area contributed by atoms with Gasteiger partial charge < -0.3 is 60.5 Å². The zero-order valence-corrected chi connectivity index (χ0v) is 35.6. The maximum atomic E-state index is 12.8. The van der Waals surface area contributed by atoms with Gasteiger partial charge >= 0.3 is 0 Å². The first-order valence-corrected chi connectivity index (χ1v) is 21.9. The van der Waals surface area contributed by atoms with Gasteiger partial charge in [-0.2, -0.15) is 0 Å². The van der Waals surface area contributed by atoms with Crippen molar-refractivity contribution in [2.45, 2.75) is 35.9 Å². The Morgan fingerprint density at radius 2 is 0.779 bits per heavy atom. The highest BCUT2D eigenvalue weighted by atomic mass is 16.5. The van der Waals surface area contributed by atoms with Gasteiger partial charge in [-0.15, -0.1) is 0 Å². The van der Waals surface area contributed by atoms with Crippen LogP contribution in [0.1, 0.15) is 103 Å². The Morgan fingerprint density at radius 3 is 1.37 bits per heavy atom. The molecule has 0 radical (unpaired) electrons. The average molecular weight is 905 g/mol. The third-order valence-electron chi connectivity index (χ3n) is 13.9. The van der Waals surface area contributed by atoms with E-state index >= 15 is 0 Å². The van der Waals surface area contributed by atoms with Gasteiger partial charge in [-0.3, -0.25) is 0 Å². The second kappa shape index (κ2) is 14.8. The second-order valence-corrected chi connectivity index (χ2v) is 17.8. The molecule has 2 aliphatic carbocycles. The number of rotatable bonds is 6. The van der Waals surface area contributed by atoms with E-state index in [4.69, 9.17) is 9.47 Å². The van der Waals surface area contributed by atoms with Gasteiger partial charge in [0.15, 0.2) is 0 Å². The van der Waals surface area contributed by atoms with Gasteiger partial charge in [-0.25, -0.2) is 0 Å². The molecule has 0 aromatic heterocycles. The van der Waals surface area contributed by atoms with Crippen LogP contribution >= 0.6 is 0 Å². The van der Waals surface area contributed by atoms with Crippen molar-refractivity contribution in [2.24, 2.45) is 0 Å². The van der Waals surface area contributed by atoms with Crippen LogP contribution in [0, 0.1) is 0 Å². The SMILES string of the molecule is Oc1ccc(C2=C3c4c(c(O)cc5c4C(c4cc(O)cc(O)c4C3c3ccc(O)cc3)C(c3ccc(O)cc3)O5)C2c2cc(O)cc3c2C(c2cc(O)cc(O)c2)C(c2ccc(O)cc2)O3)cc1. The Labute approximate surface area is 387 Å². The summed E-state index contributed by atoms with van der Waals surface area (Å²) < 4.78 is 13.7. The molecule has 2 heterocycles. The number of aromatic hydroxyl groups is 10. The summed E-state index contributed by atoms with van der Waals surface area (Å²) in [7, 11) is 0. The van der Waals surface area contributed by atoms with Crippen molar-refractivity contribution in [3.05, 3.63) is 212 Å². The van der Waals surface area contributed by atoms with Crippen LogP contribution in [0.4, 0.5) is 0 Å². The van der Waals surface area contributed by atoms with Crippen molar-refractivity contribution >= 4 is 11.1 Å². The predicted molar refractivity (Wildman–Crippen MR) is 249 cm³/mol. The summed E-state index contributed by atoms with van der Waals surface area (Å²) in [5.41, 5.74) is 7.82. The normalized spacial score (nSPS) is 20.5. The molecule has 2 aliphatic heterocycles. The van der Waals surface area contributed by atoms with Gasteiger partial charge in [-0.1, -0.05) is 48.5 Å². The van der Waals surface area contributed by atoms with Crippen molar-refractivity contribution in [2.75, 3.05) is 0 Å². The van der Waals surface area contributed by atoms with Crippen LogP contribution in [-0.4, -0.2) is 51.1 Å². The van der Waals surface area contributed by atoms with Crippen LogP contribution in [0.25, 0.3) is 11.1 Å². The largest absolute Gasteiger partial charge is 0.508 e. The fourth-order valence-corrected chi connectivity index (χ4v) is 11.4. The number of phenolic OH excluding ortho intramolecular Hbond substituents is 10. The molecule has 4 aliphatic rings. The fraction of sp³-hybridized carbons (Fsp3) is 0.107. The molecule has 12 rings (SSSR count). The van der Waals surface area contributed by atoms with E-state index in [1.54, 1.807) is 103 Å². The summed E-state index contributed by atoms with van der Waals surface area (Å²) in [6.45, 7) is 0. The number of fused-ring (bicyclic) bond motifs is 3. The Bertz CT molecular complexity index is 3400. The first-order chi connectivity index (χ1) is 32.8. The second-order valence-electron chi connectivity index (χ2n) is 17.8. The highest BCUT2D eigenvalue weighted by Crippen LogP contribution is 2.69. The molecular formula is C56H40O12. The van der Waals surface area contributed by atoms with Crippen LogP contribution in [-0.2, 0) is 0 Å². The first-order valence-electron chi connectivity index (χ1n) is 21.9. The fourth-order valence-electron chi connectivity index (χ4n) is 11.4. The van der Waals surface area contributed by atoms with E-state index < -0.39 is 35.9 Å². The number of hydrogen-bond donors (Lipinski definition) is 10. The lowest BCUT2D eigenvalue weighted by molar-refractivity contribution is 0.221. The molecule has 6 atom stereocenters. The van der Waals surface area contributed by atoms with Gasteiger partial charge in [0.2, 0.25) is 0 Å². The molecule has 10 N–H and O–H groups in total. The van der Waals surface area contributed by atoms with Gasteiger partial charge in [0.25, 0.3) is 0 Å². The zero-order valence-electron chi connectivity index (χ0n) is 35.6. The van der Waals surface area contributed by atoms with Gasteiger partial charge in [0.05, 0.1) is 11.8 Å². The van der Waals surface area contributed by atoms with E-state index in [1.165, 1.54) is 42.5 Å². The lowest BCUT2D eigenvalue weighted by Crippen LogP contribution is -2.15. The van der Waals surface area contributed by atoms with Gasteiger partial charge in [0.1, 0.15) is 81.2 Å². The van der Waals surface area contributed by atoms with E-state index in [-0.39, 0.29) is 63.2 Å². The molecular weight excluding hydrogens is 865 g/mol. The molecule has 0 saturated heterocycles. The minimum atomic E-state index is -0.958. The van der Waals surface area contributed by atoms with E-state index in [2.05, 4.69) is 0 Å². The van der Waals surface area contributed by atoms with Crippen molar-refractivity contribution in [1.82, 2.24) is 0 Å². The summed E-state index contributed by atoms with van der Waals surface area (Å²) >= 11 is 0. The lowest BCUT2D eigenvalue weighted by atomic mass is 9.74. The van der Waals surface area contributed by atoms with Crippen molar-refractivity contribution in [3.8, 4) is 69.0 Å². The third-order valence-corrected chi connectivity index (χ3v) is 13.9. The molecule has 0 bridgehead atoms. The molecule has 0 spiro atoms. The Morgan fingerprint density at radius 1 is 0.309 bits per heavy atom. The standard InChI is InChI=1S/C56H40O12/c57-30-9-1-25(2-10-30)44-47-38(20-36(63)22-40(47)65)50-52-43(68-56(50)28-7-15-33(60)16-8-28)24-41(66)51-49(45(53(44)54(51)52)26-3-11-31(58)12-4-26)39-21-37(64)23-42-48(39)46(29-17-34(61)19-35(62)18-29)55(67-42)27-5-13-32(59)14-6-27/h1-24,44,46,49-50,55-66H. The average Bonchev–Trinajstić information content (AvgIpc) is 3.96. The Balaban J connectivity index is 1.23. The topological polar surface area (TPSA) is 221 Å². The smallest absolute Gasteiger partial charge is 0.135 e. The monoisotopic (exact) mass is 904 g/mol. The highest BCUT2D eigenvalue weighted by molar-refractivity contribution is 6.08. The van der Waals surface area contributed by atoms with Crippen LogP contribution in [0.15, 0.2) is 146 Å². The molecule has 6 unspecified atom stereocenters. The van der Waals surface area contributed by atoms with E-state index in [1.807, 2.05) is 0 Å². The quantitative estimate of drug-likeness (QED) is 0.0753. The summed E-state index contributed by atoms with van der Waals surface area (Å²) in [4.78, 5) is 0. The summed E-state index contributed by atoms with van der Waals surface area (Å²) in [6.07, 6.45) is -1.63. The summed E-state index contributed by atoms with van der Waals surface area (Å²) in [6, 6.07) is 38.0. The van der Waals surface area contributed by atoms with Crippen molar-refractivity contribution in [1.29, 1.82) is 0 Å². The summed E-state index contributed by atoms with van der Waals surface area (Å²) in [5, 5.41) is 112. The van der Waals surface area contributed by atoms with E-state index in [9.17, 15) is 51.1 Å². The maximum Gasteiger partial charge on any atom is 0.135 e. The maximum absolute atomic E-state index is 12.8. The number of benzene rings is 8. The number of hydrogen-bond acceptors (Lipinski definition) is 12. The first kappa shape index (κ1) is 40.6. The number of phenols is 10. The number of allylic oxidation sites excluding steroid dienone is 2. The third kappa shape index (κ3) is 6.14. The minimum Gasteiger partial charge on any atom is -0.508 e. The molecule has 0 saturated carbocycles. The van der Waals surface area contributed by atoms with Crippen LogP contribution in [0.2, 0.25) is 0 Å². The summed E-state index contributed by atoms with van der Waals surface area (Å²) in [5.74, 6) is -3.88. The molecule has 0 fully saturated rings. The van der Waals surface area contributed by atoms with Crippen molar-refractivity contribution < 1.29 is 60.5 Å². The lowest BCUT2D eigenvalue weighted by Gasteiger charge is -2.28. The van der Waals surface area contributed by atoms with Crippen LogP contribution in [0.3, 0.4) is 0 Å². The van der Waals surface area contributed by atoms with Crippen molar-refractivity contribution in [3.63, 3.8) is 0 Å². The molecule has 8 aromatic carbocycles. The van der Waals surface area contributed by atoms with Crippen LogP contribution in [0.5, 0.6) is 69.0 Å². The minimum absolute atomic E-state index is 0.00194.